The molecule has 0 aliphatic carbocycles. The molecule has 1 fully saturated rings. The molecule has 136 valence electrons. The molecule has 0 radical (unpaired) electrons. The Morgan fingerprint density at radius 2 is 2.08 bits per heavy atom. The average Bonchev–Trinajstić information content (AvgIpc) is 2.63. The number of rotatable bonds is 8. The first kappa shape index (κ1) is 19.0. The molecule has 1 aliphatic rings. The van der Waals surface area contributed by atoms with Gasteiger partial charge in [-0.3, -0.25) is 9.59 Å². The Bertz CT molecular complexity index is 598. The van der Waals surface area contributed by atoms with E-state index in [1.807, 2.05) is 17.0 Å². The molecule has 2 N–H and O–H groups in total. The van der Waals surface area contributed by atoms with Crippen LogP contribution in [0.4, 0.5) is 0 Å². The first-order valence-electron chi connectivity index (χ1n) is 8.68. The molecule has 1 saturated heterocycles. The van der Waals surface area contributed by atoms with E-state index in [2.05, 4.69) is 6.92 Å². The molecule has 0 aromatic heterocycles. The minimum Gasteiger partial charge on any atom is -0.484 e. The molecule has 6 nitrogen and oxygen atoms in total. The van der Waals surface area contributed by atoms with Gasteiger partial charge in [0.25, 0.3) is 5.91 Å². The molecular formula is C19H26N2O4. The van der Waals surface area contributed by atoms with Crippen molar-refractivity contribution in [3.05, 3.63) is 35.9 Å². The Morgan fingerprint density at radius 3 is 2.76 bits per heavy atom. The van der Waals surface area contributed by atoms with Crippen LogP contribution in [-0.2, 0) is 14.3 Å². The highest BCUT2D eigenvalue weighted by molar-refractivity contribution is 5.91. The highest BCUT2D eigenvalue weighted by Gasteiger charge is 2.22. The summed E-state index contributed by atoms with van der Waals surface area (Å²) in [6.45, 7) is 4.10. The van der Waals surface area contributed by atoms with E-state index in [0.717, 1.165) is 38.0 Å². The van der Waals surface area contributed by atoms with Crippen molar-refractivity contribution in [3.63, 3.8) is 0 Å². The van der Waals surface area contributed by atoms with Crippen molar-refractivity contribution >= 4 is 17.9 Å². The van der Waals surface area contributed by atoms with Gasteiger partial charge >= 0.3 is 0 Å². The fourth-order valence-corrected chi connectivity index (χ4v) is 2.66. The highest BCUT2D eigenvalue weighted by Crippen LogP contribution is 2.16. The Balaban J connectivity index is 1.85. The van der Waals surface area contributed by atoms with Crippen LogP contribution in [0, 0.1) is 0 Å². The summed E-state index contributed by atoms with van der Waals surface area (Å²) in [5.74, 6) is 0.0467. The Hall–Kier alpha value is -2.34. The first-order valence-corrected chi connectivity index (χ1v) is 8.68. The van der Waals surface area contributed by atoms with E-state index in [1.54, 1.807) is 24.3 Å². The summed E-state index contributed by atoms with van der Waals surface area (Å²) in [5, 5.41) is 0. The van der Waals surface area contributed by atoms with Gasteiger partial charge in [-0.25, -0.2) is 0 Å². The minimum absolute atomic E-state index is 0.00106. The lowest BCUT2D eigenvalue weighted by atomic mass is 10.1. The van der Waals surface area contributed by atoms with E-state index >= 15 is 0 Å². The van der Waals surface area contributed by atoms with Gasteiger partial charge in [-0.15, -0.1) is 0 Å². The summed E-state index contributed by atoms with van der Waals surface area (Å²) >= 11 is 0. The van der Waals surface area contributed by atoms with Crippen LogP contribution < -0.4 is 10.5 Å². The maximum atomic E-state index is 12.3. The SMILES string of the molecule is CCCO[C@@H]1CCCN(C(=O)/C=C\c2ccc(OCC(N)=O)cc2)C1. The topological polar surface area (TPSA) is 81.9 Å². The monoisotopic (exact) mass is 346 g/mol. The molecule has 25 heavy (non-hydrogen) atoms. The number of hydrogen-bond donors (Lipinski definition) is 1. The van der Waals surface area contributed by atoms with E-state index in [4.69, 9.17) is 15.2 Å². The van der Waals surface area contributed by atoms with Crippen LogP contribution in [0.25, 0.3) is 6.08 Å². The standard InChI is InChI=1S/C19H26N2O4/c1-2-12-24-17-4-3-11-21(13-17)19(23)10-7-15-5-8-16(9-6-15)25-14-18(20)22/h5-10,17H,2-4,11-14H2,1H3,(H2,20,22)/b10-7-/t17-/m1/s1. The zero-order valence-corrected chi connectivity index (χ0v) is 14.6. The normalized spacial score (nSPS) is 17.6. The van der Waals surface area contributed by atoms with Crippen molar-refractivity contribution in [3.8, 4) is 5.75 Å². The third-order valence-electron chi connectivity index (χ3n) is 3.93. The summed E-state index contributed by atoms with van der Waals surface area (Å²) in [5.41, 5.74) is 5.92. The number of carbonyl (C=O) groups excluding carboxylic acids is 2. The van der Waals surface area contributed by atoms with Crippen LogP contribution in [0.1, 0.15) is 31.7 Å². The summed E-state index contributed by atoms with van der Waals surface area (Å²) in [6.07, 6.45) is 6.48. The van der Waals surface area contributed by atoms with Crippen LogP contribution in [0.15, 0.2) is 30.3 Å². The van der Waals surface area contributed by atoms with Gasteiger partial charge in [0.1, 0.15) is 5.75 Å². The van der Waals surface area contributed by atoms with E-state index in [9.17, 15) is 9.59 Å². The van der Waals surface area contributed by atoms with Gasteiger partial charge in [0.15, 0.2) is 6.61 Å². The molecule has 0 bridgehead atoms. The number of ether oxygens (including phenoxy) is 2. The zero-order chi connectivity index (χ0) is 18.1. The number of primary amides is 1. The van der Waals surface area contributed by atoms with Gasteiger partial charge in [0.05, 0.1) is 6.10 Å². The number of hydrogen-bond acceptors (Lipinski definition) is 4. The van der Waals surface area contributed by atoms with Crippen LogP contribution in [0.5, 0.6) is 5.75 Å². The molecule has 2 rings (SSSR count). The van der Waals surface area contributed by atoms with E-state index in [1.165, 1.54) is 0 Å². The second-order valence-electron chi connectivity index (χ2n) is 6.08. The first-order chi connectivity index (χ1) is 12.1. The molecule has 0 saturated carbocycles. The summed E-state index contributed by atoms with van der Waals surface area (Å²) in [6, 6.07) is 7.12. The second kappa shape index (κ2) is 9.84. The van der Waals surface area contributed by atoms with Crippen LogP contribution in [0.2, 0.25) is 0 Å². The molecule has 1 atom stereocenters. The minimum atomic E-state index is -0.516. The molecule has 1 heterocycles. The number of piperidine rings is 1. The maximum Gasteiger partial charge on any atom is 0.255 e. The van der Waals surface area contributed by atoms with Crippen molar-refractivity contribution in [2.45, 2.75) is 32.3 Å². The number of benzene rings is 1. The lowest BCUT2D eigenvalue weighted by Gasteiger charge is -2.32. The summed E-state index contributed by atoms with van der Waals surface area (Å²) in [7, 11) is 0. The molecule has 0 unspecified atom stereocenters. The summed E-state index contributed by atoms with van der Waals surface area (Å²) in [4.78, 5) is 24.9. The van der Waals surface area contributed by atoms with Gasteiger partial charge in [0.2, 0.25) is 5.91 Å². The van der Waals surface area contributed by atoms with Crippen molar-refractivity contribution < 1.29 is 19.1 Å². The lowest BCUT2D eigenvalue weighted by molar-refractivity contribution is -0.130. The molecule has 0 spiro atoms. The molecule has 1 aromatic rings. The highest BCUT2D eigenvalue weighted by atomic mass is 16.5. The van der Waals surface area contributed by atoms with E-state index in [-0.39, 0.29) is 18.6 Å². The molecule has 2 amide bonds. The van der Waals surface area contributed by atoms with Crippen molar-refractivity contribution in [1.82, 2.24) is 4.90 Å². The van der Waals surface area contributed by atoms with Crippen molar-refractivity contribution in [2.24, 2.45) is 5.73 Å². The number of amides is 2. The van der Waals surface area contributed by atoms with Crippen LogP contribution in [0.3, 0.4) is 0 Å². The van der Waals surface area contributed by atoms with Gasteiger partial charge in [-0.05, 0) is 43.0 Å². The number of nitrogens with two attached hydrogens (primary N) is 1. The van der Waals surface area contributed by atoms with Gasteiger partial charge in [0, 0.05) is 25.8 Å². The van der Waals surface area contributed by atoms with Gasteiger partial charge in [-0.1, -0.05) is 19.1 Å². The van der Waals surface area contributed by atoms with Crippen molar-refractivity contribution in [2.75, 3.05) is 26.3 Å². The third kappa shape index (κ3) is 6.58. The maximum absolute atomic E-state index is 12.3. The van der Waals surface area contributed by atoms with Crippen LogP contribution in [-0.4, -0.2) is 49.1 Å². The average molecular weight is 346 g/mol. The molecule has 1 aromatic carbocycles. The fourth-order valence-electron chi connectivity index (χ4n) is 2.66. The van der Waals surface area contributed by atoms with Crippen molar-refractivity contribution in [1.29, 1.82) is 0 Å². The third-order valence-corrected chi connectivity index (χ3v) is 3.93. The Morgan fingerprint density at radius 1 is 1.32 bits per heavy atom. The largest absolute Gasteiger partial charge is 0.484 e. The summed E-state index contributed by atoms with van der Waals surface area (Å²) < 4.78 is 11.0. The zero-order valence-electron chi connectivity index (χ0n) is 14.6. The Labute approximate surface area is 148 Å². The predicted molar refractivity (Wildman–Crippen MR) is 96.0 cm³/mol. The van der Waals surface area contributed by atoms with Gasteiger partial charge < -0.3 is 20.1 Å². The smallest absolute Gasteiger partial charge is 0.255 e. The second-order valence-corrected chi connectivity index (χ2v) is 6.08. The van der Waals surface area contributed by atoms with Gasteiger partial charge in [-0.2, -0.15) is 0 Å². The van der Waals surface area contributed by atoms with E-state index < -0.39 is 5.91 Å². The molecule has 6 heteroatoms. The Kier molecular flexibility index (Phi) is 7.47. The fraction of sp³-hybridized carbons (Fsp3) is 0.474. The van der Waals surface area contributed by atoms with E-state index in [0.29, 0.717) is 12.3 Å². The molecule has 1 aliphatic heterocycles. The number of carbonyl (C=O) groups is 2. The predicted octanol–water partition coefficient (Wildman–Crippen LogP) is 1.98. The number of likely N-dealkylation sites (tertiary alicyclic amines) is 1. The lowest BCUT2D eigenvalue weighted by Crippen LogP contribution is -2.42. The quantitative estimate of drug-likeness (QED) is 0.730. The molecular weight excluding hydrogens is 320 g/mol. The van der Waals surface area contributed by atoms with Crippen LogP contribution >= 0.6 is 0 Å². The number of nitrogens with zero attached hydrogens (tertiary/aromatic N) is 1.